The summed E-state index contributed by atoms with van der Waals surface area (Å²) in [5, 5.41) is 13.5. The zero-order valence-electron chi connectivity index (χ0n) is 25.1. The topological polar surface area (TPSA) is 115 Å². The van der Waals surface area contributed by atoms with Crippen LogP contribution >= 0.6 is 0 Å². The van der Waals surface area contributed by atoms with E-state index in [2.05, 4.69) is 15.1 Å². The maximum atomic E-state index is 13.3. The van der Waals surface area contributed by atoms with Crippen LogP contribution in [0.2, 0.25) is 0 Å². The number of carbonyl (C=O) groups is 1. The molecule has 1 saturated carbocycles. The third-order valence-electron chi connectivity index (χ3n) is 7.69. The van der Waals surface area contributed by atoms with E-state index < -0.39 is 23.3 Å². The third kappa shape index (κ3) is 7.22. The molecule has 1 N–H and O–H groups in total. The van der Waals surface area contributed by atoms with E-state index in [0.717, 1.165) is 53.2 Å². The van der Waals surface area contributed by atoms with Crippen LogP contribution < -0.4 is 9.64 Å². The van der Waals surface area contributed by atoms with Crippen molar-refractivity contribution in [2.75, 3.05) is 11.4 Å². The molecule has 0 amide bonds. The molecule has 46 heavy (non-hydrogen) atoms. The quantitative estimate of drug-likeness (QED) is 0.147. The summed E-state index contributed by atoms with van der Waals surface area (Å²) < 4.78 is 56.6. The Hall–Kier alpha value is -5.13. The van der Waals surface area contributed by atoms with Gasteiger partial charge in [0.1, 0.15) is 17.7 Å². The minimum atomic E-state index is -4.51. The lowest BCUT2D eigenvalue weighted by Gasteiger charge is -2.22. The first kappa shape index (κ1) is 30.9. The Morgan fingerprint density at radius 2 is 1.70 bits per heavy atom. The number of alkyl halides is 3. The number of rotatable bonds is 12. The van der Waals surface area contributed by atoms with Crippen molar-refractivity contribution in [3.05, 3.63) is 102 Å². The predicted octanol–water partition coefficient (Wildman–Crippen LogP) is 7.78. The van der Waals surface area contributed by atoms with Gasteiger partial charge in [0.05, 0.1) is 5.56 Å². The van der Waals surface area contributed by atoms with Crippen LogP contribution in [-0.4, -0.2) is 38.3 Å². The molecule has 0 saturated heterocycles. The maximum Gasteiger partial charge on any atom is 0.416 e. The van der Waals surface area contributed by atoms with Crippen LogP contribution in [-0.2, 0) is 23.9 Å². The lowest BCUT2D eigenvalue weighted by molar-refractivity contribution is -0.152. The molecule has 0 bridgehead atoms. The SMILES string of the molecule is CC(C)(Oc1ccc(CCN(Cc2ccc(-c3coc(C4CC4)n3)cc2)c2noc(-c3cccc(C(F)(F)F)c3)n2)cc1)C(=O)O. The molecule has 12 heteroatoms. The van der Waals surface area contributed by atoms with Crippen LogP contribution in [0.1, 0.15) is 55.2 Å². The molecule has 5 aromatic rings. The van der Waals surface area contributed by atoms with Gasteiger partial charge in [-0.1, -0.05) is 42.5 Å². The Morgan fingerprint density at radius 1 is 0.978 bits per heavy atom. The van der Waals surface area contributed by atoms with Gasteiger partial charge in [-0.3, -0.25) is 0 Å². The monoisotopic (exact) mass is 632 g/mol. The molecular weight excluding hydrogens is 601 g/mol. The summed E-state index contributed by atoms with van der Waals surface area (Å²) in [6.45, 7) is 3.78. The van der Waals surface area contributed by atoms with Crippen molar-refractivity contribution in [2.24, 2.45) is 0 Å². The van der Waals surface area contributed by atoms with Crippen molar-refractivity contribution < 1.29 is 36.7 Å². The third-order valence-corrected chi connectivity index (χ3v) is 7.69. The van der Waals surface area contributed by atoms with E-state index in [1.807, 2.05) is 41.3 Å². The van der Waals surface area contributed by atoms with Crippen LogP contribution in [0.3, 0.4) is 0 Å². The fourth-order valence-corrected chi connectivity index (χ4v) is 4.81. The zero-order chi connectivity index (χ0) is 32.5. The maximum absolute atomic E-state index is 13.3. The number of aliphatic carboxylic acids is 1. The molecular formula is C34H31F3N4O5. The summed E-state index contributed by atoms with van der Waals surface area (Å²) in [6.07, 6.45) is -0.0890. The number of anilines is 1. The van der Waals surface area contributed by atoms with Crippen LogP contribution in [0.4, 0.5) is 19.1 Å². The number of halogens is 3. The van der Waals surface area contributed by atoms with Crippen molar-refractivity contribution >= 4 is 11.9 Å². The molecule has 0 aliphatic heterocycles. The fourth-order valence-electron chi connectivity index (χ4n) is 4.81. The summed E-state index contributed by atoms with van der Waals surface area (Å²) in [7, 11) is 0. The Labute approximate surface area is 262 Å². The van der Waals surface area contributed by atoms with E-state index in [1.165, 1.54) is 26.0 Å². The van der Waals surface area contributed by atoms with Gasteiger partial charge in [0, 0.05) is 30.1 Å². The molecule has 3 aromatic carbocycles. The lowest BCUT2D eigenvalue weighted by Crippen LogP contribution is -2.37. The minimum Gasteiger partial charge on any atom is -0.478 e. The number of oxazole rings is 1. The summed E-state index contributed by atoms with van der Waals surface area (Å²) in [5.41, 5.74) is 1.56. The summed E-state index contributed by atoms with van der Waals surface area (Å²) in [6, 6.07) is 19.7. The van der Waals surface area contributed by atoms with E-state index in [-0.39, 0.29) is 17.4 Å². The number of hydrogen-bond acceptors (Lipinski definition) is 8. The van der Waals surface area contributed by atoms with Gasteiger partial charge in [-0.2, -0.15) is 18.2 Å². The van der Waals surface area contributed by atoms with Crippen molar-refractivity contribution in [3.63, 3.8) is 0 Å². The number of nitrogens with zero attached hydrogens (tertiary/aromatic N) is 4. The number of carboxylic acid groups (broad SMARTS) is 1. The molecule has 0 unspecified atom stereocenters. The van der Waals surface area contributed by atoms with Crippen molar-refractivity contribution in [1.29, 1.82) is 0 Å². The second-order valence-electron chi connectivity index (χ2n) is 11.8. The number of hydrogen-bond donors (Lipinski definition) is 1. The average molecular weight is 633 g/mol. The number of ether oxygens (including phenoxy) is 1. The highest BCUT2D eigenvalue weighted by Crippen LogP contribution is 2.40. The van der Waals surface area contributed by atoms with Gasteiger partial charge in [0.15, 0.2) is 11.5 Å². The highest BCUT2D eigenvalue weighted by molar-refractivity contribution is 5.76. The fraction of sp³-hybridized carbons (Fsp3) is 0.294. The Bertz CT molecular complexity index is 1810. The van der Waals surface area contributed by atoms with Crippen LogP contribution in [0.15, 0.2) is 88.0 Å². The summed E-state index contributed by atoms with van der Waals surface area (Å²) in [4.78, 5) is 22.4. The van der Waals surface area contributed by atoms with Gasteiger partial charge in [-0.15, -0.1) is 0 Å². The van der Waals surface area contributed by atoms with Gasteiger partial charge in [-0.25, -0.2) is 9.78 Å². The van der Waals surface area contributed by atoms with E-state index in [1.54, 1.807) is 18.4 Å². The van der Waals surface area contributed by atoms with Crippen molar-refractivity contribution in [1.82, 2.24) is 15.1 Å². The number of carboxylic acids is 1. The van der Waals surface area contributed by atoms with E-state index in [9.17, 15) is 23.1 Å². The van der Waals surface area contributed by atoms with Gasteiger partial charge >= 0.3 is 12.1 Å². The molecule has 2 aromatic heterocycles. The van der Waals surface area contributed by atoms with Crippen molar-refractivity contribution in [2.45, 2.75) is 57.3 Å². The van der Waals surface area contributed by atoms with E-state index >= 15 is 0 Å². The normalized spacial score (nSPS) is 13.5. The largest absolute Gasteiger partial charge is 0.478 e. The number of aromatic nitrogens is 3. The molecule has 1 fully saturated rings. The lowest BCUT2D eigenvalue weighted by atomic mass is 10.1. The van der Waals surface area contributed by atoms with E-state index in [0.29, 0.717) is 31.2 Å². The predicted molar refractivity (Wildman–Crippen MR) is 162 cm³/mol. The van der Waals surface area contributed by atoms with Gasteiger partial charge in [0.25, 0.3) is 11.8 Å². The molecule has 0 radical (unpaired) electrons. The average Bonchev–Trinajstić information content (AvgIpc) is 3.54. The molecule has 1 aliphatic rings. The van der Waals surface area contributed by atoms with Crippen LogP contribution in [0.5, 0.6) is 5.75 Å². The molecule has 238 valence electrons. The highest BCUT2D eigenvalue weighted by atomic mass is 19.4. The first-order chi connectivity index (χ1) is 21.9. The summed E-state index contributed by atoms with van der Waals surface area (Å²) >= 11 is 0. The molecule has 6 rings (SSSR count). The minimum absolute atomic E-state index is 0.0264. The molecule has 0 spiro atoms. The molecule has 2 heterocycles. The van der Waals surface area contributed by atoms with Crippen molar-refractivity contribution in [3.8, 4) is 28.5 Å². The second-order valence-corrected chi connectivity index (χ2v) is 11.8. The van der Waals surface area contributed by atoms with Crippen LogP contribution in [0, 0.1) is 0 Å². The highest BCUT2D eigenvalue weighted by Gasteiger charge is 2.32. The van der Waals surface area contributed by atoms with Gasteiger partial charge in [-0.05, 0) is 79.7 Å². The molecule has 9 nitrogen and oxygen atoms in total. The van der Waals surface area contributed by atoms with Crippen LogP contribution in [0.25, 0.3) is 22.7 Å². The zero-order valence-corrected chi connectivity index (χ0v) is 25.1. The van der Waals surface area contributed by atoms with Gasteiger partial charge < -0.3 is 23.7 Å². The standard InChI is InChI=1S/C34H31F3N4O5/c1-33(2,31(42)43)45-27-14-8-21(9-15-27)16-17-41(32-39-30(46-40-32)25-4-3-5-26(18-25)34(35,36)37)19-22-6-10-23(11-7-22)28-20-44-29(38-28)24-12-13-24/h3-11,14-15,18,20,24H,12-13,16-17,19H2,1-2H3,(H,42,43). The second kappa shape index (κ2) is 12.3. The number of benzene rings is 3. The molecule has 0 atom stereocenters. The van der Waals surface area contributed by atoms with Gasteiger partial charge in [0.2, 0.25) is 0 Å². The first-order valence-electron chi connectivity index (χ1n) is 14.8. The van der Waals surface area contributed by atoms with E-state index in [4.69, 9.17) is 13.7 Å². The molecule has 1 aliphatic carbocycles. The Morgan fingerprint density at radius 3 is 2.37 bits per heavy atom. The smallest absolute Gasteiger partial charge is 0.416 e. The Balaban J connectivity index is 1.21. The summed E-state index contributed by atoms with van der Waals surface area (Å²) in [5.74, 6) is 0.732. The first-order valence-corrected chi connectivity index (χ1v) is 14.8. The Kier molecular flexibility index (Phi) is 8.28.